The molecule has 3 aliphatic carbocycles. The van der Waals surface area contributed by atoms with Crippen LogP contribution in [0.15, 0.2) is 41.1 Å². The van der Waals surface area contributed by atoms with Crippen molar-refractivity contribution in [3.63, 3.8) is 0 Å². The van der Waals surface area contributed by atoms with E-state index in [9.17, 15) is 14.7 Å². The molecule has 3 aromatic rings. The number of piperazine rings is 1. The van der Waals surface area contributed by atoms with Crippen molar-refractivity contribution in [2.75, 3.05) is 38.2 Å². The number of aromatic nitrogens is 3. The molecule has 7 rings (SSSR count). The number of aryl methyl sites for hydroxylation is 1. The number of amides is 2. The van der Waals surface area contributed by atoms with E-state index in [0.717, 1.165) is 112 Å². The lowest BCUT2D eigenvalue weighted by atomic mass is 9.76. The summed E-state index contributed by atoms with van der Waals surface area (Å²) >= 11 is 0. The van der Waals surface area contributed by atoms with E-state index in [4.69, 9.17) is 24.1 Å². The van der Waals surface area contributed by atoms with E-state index in [2.05, 4.69) is 24.8 Å². The van der Waals surface area contributed by atoms with Gasteiger partial charge >= 0.3 is 6.09 Å². The number of pyridine rings is 2. The molecule has 1 atom stereocenters. The third-order valence-corrected chi connectivity index (χ3v) is 12.1. The highest BCUT2D eigenvalue weighted by atomic mass is 16.5. The molecule has 2 amide bonds. The third-order valence-electron chi connectivity index (χ3n) is 12.1. The molecule has 0 spiro atoms. The first kappa shape index (κ1) is 35.4. The number of carbonyl (C=O) groups excluding carboxylic acids is 1. The van der Waals surface area contributed by atoms with Gasteiger partial charge in [0.2, 0.25) is 5.91 Å². The van der Waals surface area contributed by atoms with Crippen LogP contribution in [0.25, 0.3) is 11.3 Å². The van der Waals surface area contributed by atoms with Gasteiger partial charge in [0.05, 0.1) is 18.8 Å². The Morgan fingerprint density at radius 2 is 1.73 bits per heavy atom. The average molecular weight is 699 g/mol. The molecule has 0 aromatic carbocycles. The molecule has 0 bridgehead atoms. The van der Waals surface area contributed by atoms with Crippen LogP contribution < -0.4 is 9.64 Å². The molecule has 1 saturated heterocycles. The van der Waals surface area contributed by atoms with E-state index >= 15 is 0 Å². The monoisotopic (exact) mass is 698 g/mol. The second kappa shape index (κ2) is 15.3. The number of carbonyl (C=O) groups is 2. The Balaban J connectivity index is 1.07. The maximum Gasteiger partial charge on any atom is 0.407 e. The summed E-state index contributed by atoms with van der Waals surface area (Å²) in [6.07, 6.45) is 12.2. The van der Waals surface area contributed by atoms with Crippen LogP contribution in [0.1, 0.15) is 107 Å². The minimum atomic E-state index is -0.831. The number of carboxylic acid groups (broad SMARTS) is 1. The Bertz CT molecular complexity index is 1670. The zero-order valence-corrected chi connectivity index (χ0v) is 30.7. The topological polar surface area (TPSA) is 125 Å². The summed E-state index contributed by atoms with van der Waals surface area (Å²) < 4.78 is 11.2. The molecule has 3 saturated carbocycles. The van der Waals surface area contributed by atoms with Gasteiger partial charge in [-0.15, -0.1) is 0 Å². The molecule has 11 heteroatoms. The zero-order chi connectivity index (χ0) is 35.6. The second-order valence-corrected chi connectivity index (χ2v) is 15.7. The fraction of sp³-hybridized carbons (Fsp3) is 0.625. The van der Waals surface area contributed by atoms with E-state index < -0.39 is 6.09 Å². The number of hydrogen-bond acceptors (Lipinski definition) is 8. The van der Waals surface area contributed by atoms with Gasteiger partial charge in [0.15, 0.2) is 5.89 Å². The normalized spacial score (nSPS) is 25.9. The molecule has 11 nitrogen and oxygen atoms in total. The van der Waals surface area contributed by atoms with Gasteiger partial charge in [0, 0.05) is 67.4 Å². The molecular weight excluding hydrogens is 644 g/mol. The fourth-order valence-electron chi connectivity index (χ4n) is 8.78. The van der Waals surface area contributed by atoms with Crippen molar-refractivity contribution < 1.29 is 23.8 Å². The predicted octanol–water partition coefficient (Wildman–Crippen LogP) is 7.51. The van der Waals surface area contributed by atoms with Gasteiger partial charge < -0.3 is 19.2 Å². The summed E-state index contributed by atoms with van der Waals surface area (Å²) in [5.41, 5.74) is 3.73. The van der Waals surface area contributed by atoms with E-state index in [1.54, 1.807) is 24.5 Å². The van der Waals surface area contributed by atoms with Crippen molar-refractivity contribution in [1.29, 1.82) is 0 Å². The first-order chi connectivity index (χ1) is 24.7. The van der Waals surface area contributed by atoms with Crippen molar-refractivity contribution in [3.8, 4) is 17.0 Å². The largest absolute Gasteiger partial charge is 0.495 e. The Hall–Kier alpha value is -3.99. The summed E-state index contributed by atoms with van der Waals surface area (Å²) in [6, 6.07) is 8.41. The lowest BCUT2D eigenvalue weighted by molar-refractivity contribution is -0.124. The Morgan fingerprint density at radius 1 is 0.980 bits per heavy atom. The van der Waals surface area contributed by atoms with E-state index in [1.165, 1.54) is 0 Å². The highest BCUT2D eigenvalue weighted by Crippen LogP contribution is 2.41. The van der Waals surface area contributed by atoms with Gasteiger partial charge in [-0.3, -0.25) is 19.6 Å². The summed E-state index contributed by atoms with van der Waals surface area (Å²) in [5.74, 6) is 3.72. The molecule has 3 aromatic heterocycles. The van der Waals surface area contributed by atoms with E-state index in [-0.39, 0.29) is 23.8 Å². The maximum atomic E-state index is 14.6. The lowest BCUT2D eigenvalue weighted by Crippen LogP contribution is -2.59. The molecule has 1 unspecified atom stereocenters. The van der Waals surface area contributed by atoms with Crippen LogP contribution in [0, 0.1) is 24.7 Å². The number of hydrogen-bond donors (Lipinski definition) is 1. The van der Waals surface area contributed by atoms with Gasteiger partial charge in [-0.2, -0.15) is 0 Å². The molecule has 4 aliphatic rings. The molecule has 4 heterocycles. The minimum absolute atomic E-state index is 0.0358. The van der Waals surface area contributed by atoms with Crippen LogP contribution in [-0.2, 0) is 4.79 Å². The first-order valence-corrected chi connectivity index (χ1v) is 19.2. The predicted molar refractivity (Wildman–Crippen MR) is 195 cm³/mol. The molecule has 51 heavy (non-hydrogen) atoms. The van der Waals surface area contributed by atoms with Crippen molar-refractivity contribution in [1.82, 2.24) is 24.8 Å². The average Bonchev–Trinajstić information content (AvgIpc) is 3.89. The fourth-order valence-corrected chi connectivity index (χ4v) is 8.78. The van der Waals surface area contributed by atoms with Crippen LogP contribution in [0.2, 0.25) is 0 Å². The van der Waals surface area contributed by atoms with Crippen LogP contribution in [0.4, 0.5) is 10.6 Å². The number of nitrogens with zero attached hydrogens (tertiary/aromatic N) is 6. The number of rotatable bonds is 10. The molecule has 4 fully saturated rings. The Morgan fingerprint density at radius 3 is 2.39 bits per heavy atom. The van der Waals surface area contributed by atoms with Crippen molar-refractivity contribution in [2.45, 2.75) is 109 Å². The number of ether oxygens (including phenoxy) is 1. The molecule has 1 aliphatic heterocycles. The van der Waals surface area contributed by atoms with E-state index in [1.807, 2.05) is 30.0 Å². The number of oxazole rings is 1. The molecule has 0 radical (unpaired) electrons. The van der Waals surface area contributed by atoms with Crippen molar-refractivity contribution in [3.05, 3.63) is 54.0 Å². The molecule has 274 valence electrons. The lowest BCUT2D eigenvalue weighted by Gasteiger charge is -2.46. The van der Waals surface area contributed by atoms with Crippen molar-refractivity contribution >= 4 is 17.8 Å². The van der Waals surface area contributed by atoms with E-state index in [0.29, 0.717) is 42.7 Å². The second-order valence-electron chi connectivity index (χ2n) is 15.7. The summed E-state index contributed by atoms with van der Waals surface area (Å²) in [5, 5.41) is 10.0. The standard InChI is InChI=1S/C40H54N6O5/c1-25(2)44-19-20-45(40(48)49)35(23-44)29-9-13-31(14-10-29)39(47)46(37-21-32(17-18-41-37)34-24-51-38(43-34)30-11-12-30)22-27-5-7-28(8-6-27)33-15-16-36(50-4)26(3)42-33/h15-18,21,24-25,27-31,35H,5-14,19-20,22-23H2,1-4H3,(H,48,49)/t27-,28-,29-,31-,35?. The quantitative estimate of drug-likeness (QED) is 0.229. The number of anilines is 1. The SMILES string of the molecule is COc1ccc([C@H]2CC[C@H](CN(c3cc(-c4coc(C5CC5)n4)ccn3)C(=O)[C@H]3CC[C@H](C4CN(C(C)C)CCN4C(=O)O)CC3)CC2)nc1C. The van der Waals surface area contributed by atoms with Crippen LogP contribution in [0.5, 0.6) is 5.75 Å². The van der Waals surface area contributed by atoms with Crippen LogP contribution in [0.3, 0.4) is 0 Å². The molecule has 1 N–H and O–H groups in total. The summed E-state index contributed by atoms with van der Waals surface area (Å²) in [6.45, 7) is 9.05. The number of methoxy groups -OCH3 is 1. The van der Waals surface area contributed by atoms with Crippen LogP contribution >= 0.6 is 0 Å². The summed E-state index contributed by atoms with van der Waals surface area (Å²) in [7, 11) is 1.68. The van der Waals surface area contributed by atoms with Gasteiger partial charge in [-0.05, 0) is 121 Å². The van der Waals surface area contributed by atoms with Gasteiger partial charge in [-0.1, -0.05) is 0 Å². The Kier molecular flexibility index (Phi) is 10.6. The Labute approximate surface area is 301 Å². The third kappa shape index (κ3) is 7.93. The van der Waals surface area contributed by atoms with Gasteiger partial charge in [0.25, 0.3) is 0 Å². The minimum Gasteiger partial charge on any atom is -0.495 e. The zero-order valence-electron chi connectivity index (χ0n) is 30.7. The first-order valence-electron chi connectivity index (χ1n) is 19.2. The van der Waals surface area contributed by atoms with Gasteiger partial charge in [0.1, 0.15) is 23.5 Å². The van der Waals surface area contributed by atoms with Crippen molar-refractivity contribution in [2.24, 2.45) is 17.8 Å². The maximum absolute atomic E-state index is 14.6. The smallest absolute Gasteiger partial charge is 0.407 e. The van der Waals surface area contributed by atoms with Gasteiger partial charge in [-0.25, -0.2) is 14.8 Å². The van der Waals surface area contributed by atoms with Crippen LogP contribution in [-0.4, -0.2) is 87.2 Å². The highest BCUT2D eigenvalue weighted by molar-refractivity contribution is 5.94. The summed E-state index contributed by atoms with van der Waals surface area (Å²) in [4.78, 5) is 47.3. The highest BCUT2D eigenvalue weighted by Gasteiger charge is 2.40. The molecular formula is C40H54N6O5.